The van der Waals surface area contributed by atoms with Gasteiger partial charge in [0.1, 0.15) is 5.75 Å². The van der Waals surface area contributed by atoms with Gasteiger partial charge in [0.2, 0.25) is 0 Å². The summed E-state index contributed by atoms with van der Waals surface area (Å²) in [4.78, 5) is 6.78. The number of anilines is 1. The van der Waals surface area contributed by atoms with Crippen molar-refractivity contribution >= 4 is 32.5 Å². The third-order valence-electron chi connectivity index (χ3n) is 4.07. The highest BCUT2D eigenvalue weighted by molar-refractivity contribution is 9.10. The highest BCUT2D eigenvalue weighted by Crippen LogP contribution is 2.34. The maximum absolute atomic E-state index is 5.34. The maximum Gasteiger partial charge on any atom is 0.119 e. The van der Waals surface area contributed by atoms with Crippen molar-refractivity contribution in [1.82, 2.24) is 14.8 Å². The second kappa shape index (κ2) is 5.28. The van der Waals surface area contributed by atoms with Gasteiger partial charge < -0.3 is 9.64 Å². The molecule has 0 amide bonds. The second-order valence-electron chi connectivity index (χ2n) is 5.41. The van der Waals surface area contributed by atoms with Gasteiger partial charge >= 0.3 is 0 Å². The van der Waals surface area contributed by atoms with Gasteiger partial charge in [-0.2, -0.15) is 5.10 Å². The average molecular weight is 359 g/mol. The van der Waals surface area contributed by atoms with E-state index in [2.05, 4.69) is 43.0 Å². The van der Waals surface area contributed by atoms with Crippen molar-refractivity contribution in [2.75, 3.05) is 25.1 Å². The number of benzene rings is 1. The summed E-state index contributed by atoms with van der Waals surface area (Å²) in [7, 11) is 1.69. The largest absolute Gasteiger partial charge is 0.497 e. The van der Waals surface area contributed by atoms with Gasteiger partial charge in [0.05, 0.1) is 29.3 Å². The quantitative estimate of drug-likeness (QED) is 0.720. The SMILES string of the molecule is COc1ccc2nccc(N3CC(n4cc(Br)cn4)C3)c2c1. The average Bonchev–Trinajstić information content (AvgIpc) is 2.91. The van der Waals surface area contributed by atoms with Gasteiger partial charge in [-0.25, -0.2) is 0 Å². The lowest BCUT2D eigenvalue weighted by Crippen LogP contribution is -2.48. The fraction of sp³-hybridized carbons (Fsp3) is 0.250. The Labute approximate surface area is 136 Å². The van der Waals surface area contributed by atoms with Crippen molar-refractivity contribution in [3.05, 3.63) is 47.3 Å². The molecule has 0 N–H and O–H groups in total. The number of methoxy groups -OCH3 is 1. The standard InChI is InChI=1S/C16H15BrN4O/c1-22-13-2-3-15-14(6-13)16(4-5-18-15)20-9-12(10-20)21-8-11(17)7-19-21/h2-8,12H,9-10H2,1H3. The van der Waals surface area contributed by atoms with Crippen LogP contribution in [0.3, 0.4) is 0 Å². The molecule has 0 atom stereocenters. The van der Waals surface area contributed by atoms with Crippen LogP contribution in [0.15, 0.2) is 47.3 Å². The number of aromatic nitrogens is 3. The van der Waals surface area contributed by atoms with Crippen molar-refractivity contribution < 1.29 is 4.74 Å². The van der Waals surface area contributed by atoms with Gasteiger partial charge in [0, 0.05) is 36.6 Å². The predicted molar refractivity (Wildman–Crippen MR) is 89.5 cm³/mol. The number of halogens is 1. The van der Waals surface area contributed by atoms with E-state index in [0.717, 1.165) is 34.2 Å². The Morgan fingerprint density at radius 2 is 2.14 bits per heavy atom. The predicted octanol–water partition coefficient (Wildman–Crippen LogP) is 3.26. The van der Waals surface area contributed by atoms with Crippen LogP contribution in [-0.2, 0) is 0 Å². The molecule has 2 aromatic heterocycles. The first-order valence-corrected chi connectivity index (χ1v) is 7.91. The zero-order valence-corrected chi connectivity index (χ0v) is 13.7. The number of rotatable bonds is 3. The minimum absolute atomic E-state index is 0.417. The number of fused-ring (bicyclic) bond motifs is 1. The van der Waals surface area contributed by atoms with Gasteiger partial charge in [-0.3, -0.25) is 9.67 Å². The van der Waals surface area contributed by atoms with E-state index in [1.165, 1.54) is 5.69 Å². The Bertz CT molecular complexity index is 826. The first kappa shape index (κ1) is 13.6. The van der Waals surface area contributed by atoms with Crippen molar-refractivity contribution in [2.45, 2.75) is 6.04 Å². The van der Waals surface area contributed by atoms with Gasteiger partial charge in [0.15, 0.2) is 0 Å². The zero-order chi connectivity index (χ0) is 15.1. The topological polar surface area (TPSA) is 43.2 Å². The summed E-state index contributed by atoms with van der Waals surface area (Å²) < 4.78 is 8.37. The summed E-state index contributed by atoms with van der Waals surface area (Å²) in [5, 5.41) is 5.49. The van der Waals surface area contributed by atoms with E-state index in [0.29, 0.717) is 6.04 Å². The summed E-state index contributed by atoms with van der Waals surface area (Å²) in [5.41, 5.74) is 2.19. The highest BCUT2D eigenvalue weighted by atomic mass is 79.9. The second-order valence-corrected chi connectivity index (χ2v) is 6.33. The lowest BCUT2D eigenvalue weighted by molar-refractivity contribution is 0.368. The summed E-state index contributed by atoms with van der Waals surface area (Å²) in [6.45, 7) is 1.90. The maximum atomic E-state index is 5.34. The third kappa shape index (κ3) is 2.23. The van der Waals surface area contributed by atoms with Crippen molar-refractivity contribution in [1.29, 1.82) is 0 Å². The summed E-state index contributed by atoms with van der Waals surface area (Å²) >= 11 is 3.44. The number of hydrogen-bond acceptors (Lipinski definition) is 4. The number of nitrogens with zero attached hydrogens (tertiary/aromatic N) is 4. The van der Waals surface area contributed by atoms with E-state index in [9.17, 15) is 0 Å². The molecule has 1 aromatic carbocycles. The molecule has 0 aliphatic carbocycles. The molecule has 1 aliphatic heterocycles. The third-order valence-corrected chi connectivity index (χ3v) is 4.48. The monoisotopic (exact) mass is 358 g/mol. The molecular weight excluding hydrogens is 344 g/mol. The van der Waals surface area contributed by atoms with Crippen molar-refractivity contribution in [2.24, 2.45) is 0 Å². The molecule has 0 unspecified atom stereocenters. The van der Waals surface area contributed by atoms with E-state index in [1.807, 2.05) is 35.4 Å². The molecule has 0 radical (unpaired) electrons. The molecule has 0 saturated carbocycles. The minimum Gasteiger partial charge on any atom is -0.497 e. The van der Waals surface area contributed by atoms with E-state index in [4.69, 9.17) is 4.74 Å². The van der Waals surface area contributed by atoms with Crippen molar-refractivity contribution in [3.63, 3.8) is 0 Å². The number of hydrogen-bond donors (Lipinski definition) is 0. The fourth-order valence-corrected chi connectivity index (χ4v) is 3.15. The van der Waals surface area contributed by atoms with Crippen LogP contribution in [-0.4, -0.2) is 35.0 Å². The number of ether oxygens (including phenoxy) is 1. The molecule has 5 nitrogen and oxygen atoms in total. The Kier molecular flexibility index (Phi) is 3.26. The van der Waals surface area contributed by atoms with E-state index >= 15 is 0 Å². The first-order valence-electron chi connectivity index (χ1n) is 7.12. The summed E-state index contributed by atoms with van der Waals surface area (Å²) in [6, 6.07) is 8.48. The van der Waals surface area contributed by atoms with Crippen molar-refractivity contribution in [3.8, 4) is 5.75 Å². The molecule has 4 rings (SSSR count). The molecule has 22 heavy (non-hydrogen) atoms. The summed E-state index contributed by atoms with van der Waals surface area (Å²) in [6.07, 6.45) is 5.72. The molecule has 1 aliphatic rings. The number of pyridine rings is 1. The van der Waals surface area contributed by atoms with Crippen LogP contribution in [0.1, 0.15) is 6.04 Å². The zero-order valence-electron chi connectivity index (χ0n) is 12.1. The highest BCUT2D eigenvalue weighted by Gasteiger charge is 2.30. The van der Waals surface area contributed by atoms with Crippen LogP contribution in [0.2, 0.25) is 0 Å². The Morgan fingerprint density at radius 3 is 2.86 bits per heavy atom. The van der Waals surface area contributed by atoms with E-state index in [1.54, 1.807) is 7.11 Å². The summed E-state index contributed by atoms with van der Waals surface area (Å²) in [5.74, 6) is 0.856. The molecule has 6 heteroatoms. The normalized spacial score (nSPS) is 15.1. The molecule has 3 aromatic rings. The minimum atomic E-state index is 0.417. The lowest BCUT2D eigenvalue weighted by atomic mass is 10.1. The molecule has 1 saturated heterocycles. The Morgan fingerprint density at radius 1 is 1.27 bits per heavy atom. The molecule has 0 spiro atoms. The molecule has 3 heterocycles. The fourth-order valence-electron chi connectivity index (χ4n) is 2.85. The smallest absolute Gasteiger partial charge is 0.119 e. The van der Waals surface area contributed by atoms with Gasteiger partial charge in [-0.1, -0.05) is 0 Å². The Balaban J connectivity index is 1.62. The van der Waals surface area contributed by atoms with E-state index in [-0.39, 0.29) is 0 Å². The molecule has 112 valence electrons. The first-order chi connectivity index (χ1) is 10.7. The van der Waals surface area contributed by atoms with Crippen LogP contribution in [0.4, 0.5) is 5.69 Å². The van der Waals surface area contributed by atoms with Crippen LogP contribution in [0.25, 0.3) is 10.9 Å². The van der Waals surface area contributed by atoms with Crippen LogP contribution < -0.4 is 9.64 Å². The van der Waals surface area contributed by atoms with Gasteiger partial charge in [0.25, 0.3) is 0 Å². The van der Waals surface area contributed by atoms with Gasteiger partial charge in [-0.15, -0.1) is 0 Å². The van der Waals surface area contributed by atoms with Crippen LogP contribution in [0.5, 0.6) is 5.75 Å². The Hall–Kier alpha value is -2.08. The molecular formula is C16H15BrN4O. The molecule has 1 fully saturated rings. The van der Waals surface area contributed by atoms with Gasteiger partial charge in [-0.05, 0) is 40.2 Å². The molecule has 0 bridgehead atoms. The lowest BCUT2D eigenvalue weighted by Gasteiger charge is -2.41. The van der Waals surface area contributed by atoms with Crippen LogP contribution >= 0.6 is 15.9 Å². The van der Waals surface area contributed by atoms with E-state index < -0.39 is 0 Å². The van der Waals surface area contributed by atoms with Crippen LogP contribution in [0, 0.1) is 0 Å².